The van der Waals surface area contributed by atoms with Gasteiger partial charge in [0.25, 0.3) is 0 Å². The van der Waals surface area contributed by atoms with Crippen molar-refractivity contribution >= 4 is 44.7 Å². The van der Waals surface area contributed by atoms with E-state index in [0.717, 1.165) is 35.7 Å². The minimum atomic E-state index is -0.862. The summed E-state index contributed by atoms with van der Waals surface area (Å²) in [6, 6.07) is 8.13. The summed E-state index contributed by atoms with van der Waals surface area (Å²) >= 11 is 2.87. The van der Waals surface area contributed by atoms with Crippen LogP contribution >= 0.6 is 22.7 Å². The number of rotatable bonds is 5. The Bertz CT molecular complexity index is 1390. The fourth-order valence-corrected chi connectivity index (χ4v) is 6.14. The first-order chi connectivity index (χ1) is 16.5. The van der Waals surface area contributed by atoms with E-state index < -0.39 is 6.09 Å². The third kappa shape index (κ3) is 4.10. The highest BCUT2D eigenvalue weighted by Crippen LogP contribution is 2.37. The minimum Gasteiger partial charge on any atom is -0.465 e. The summed E-state index contributed by atoms with van der Waals surface area (Å²) in [5, 5.41) is 22.7. The molecule has 0 atom stereocenters. The number of amides is 1. The average molecular weight is 497 g/mol. The molecule has 0 aliphatic carbocycles. The largest absolute Gasteiger partial charge is 0.465 e. The average Bonchev–Trinajstić information content (AvgIpc) is 3.53. The lowest BCUT2D eigenvalue weighted by Crippen LogP contribution is -2.36. The van der Waals surface area contributed by atoms with E-state index in [1.165, 1.54) is 33.2 Å². The number of halogens is 1. The van der Waals surface area contributed by atoms with Gasteiger partial charge in [-0.2, -0.15) is 5.26 Å². The number of fused-ring (bicyclic) bond motifs is 1. The second-order valence-electron chi connectivity index (χ2n) is 8.03. The van der Waals surface area contributed by atoms with Crippen LogP contribution in [-0.2, 0) is 6.42 Å². The highest BCUT2D eigenvalue weighted by Gasteiger charge is 2.26. The van der Waals surface area contributed by atoms with Gasteiger partial charge >= 0.3 is 6.09 Å². The van der Waals surface area contributed by atoms with E-state index in [1.807, 2.05) is 11.3 Å². The van der Waals surface area contributed by atoms with Crippen LogP contribution in [0.2, 0.25) is 0 Å². The lowest BCUT2D eigenvalue weighted by molar-refractivity contribution is 0.132. The van der Waals surface area contributed by atoms with Gasteiger partial charge in [-0.25, -0.2) is 19.2 Å². The number of aryl methyl sites for hydroxylation is 1. The Morgan fingerprint density at radius 3 is 2.65 bits per heavy atom. The zero-order chi connectivity index (χ0) is 23.8. The number of likely N-dealkylation sites (tertiary alicyclic amines) is 1. The van der Waals surface area contributed by atoms with E-state index in [9.17, 15) is 19.6 Å². The first-order valence-corrected chi connectivity index (χ1v) is 12.5. The van der Waals surface area contributed by atoms with Gasteiger partial charge in [-0.15, -0.1) is 11.3 Å². The van der Waals surface area contributed by atoms with Crippen LogP contribution in [0.25, 0.3) is 16.2 Å². The number of benzene rings is 1. The first-order valence-electron chi connectivity index (χ1n) is 10.9. The normalized spacial score (nSPS) is 14.4. The van der Waals surface area contributed by atoms with E-state index in [0.29, 0.717) is 40.3 Å². The zero-order valence-electron chi connectivity index (χ0n) is 18.3. The molecule has 2 N–H and O–H groups in total. The molecule has 1 aliphatic rings. The van der Waals surface area contributed by atoms with Crippen molar-refractivity contribution in [2.75, 3.05) is 18.4 Å². The number of nitriles is 1. The van der Waals surface area contributed by atoms with Gasteiger partial charge in [0, 0.05) is 29.7 Å². The first kappa shape index (κ1) is 22.3. The molecule has 4 heterocycles. The van der Waals surface area contributed by atoms with Gasteiger partial charge in [-0.05, 0) is 49.4 Å². The Morgan fingerprint density at radius 1 is 1.26 bits per heavy atom. The quantitative estimate of drug-likeness (QED) is 0.367. The predicted octanol–water partition coefficient (Wildman–Crippen LogP) is 5.69. The Balaban J connectivity index is 1.44. The maximum absolute atomic E-state index is 13.3. The maximum atomic E-state index is 13.3. The molecular formula is C23H21FN6O2S2. The van der Waals surface area contributed by atoms with E-state index in [-0.39, 0.29) is 5.82 Å². The smallest absolute Gasteiger partial charge is 0.407 e. The monoisotopic (exact) mass is 496 g/mol. The van der Waals surface area contributed by atoms with Crippen molar-refractivity contribution < 1.29 is 14.3 Å². The fourth-order valence-electron chi connectivity index (χ4n) is 4.18. The summed E-state index contributed by atoms with van der Waals surface area (Å²) in [5.74, 6) is 0.772. The number of carboxylic acid groups (broad SMARTS) is 1. The number of nitrogens with zero attached hydrogens (tertiary/aromatic N) is 5. The van der Waals surface area contributed by atoms with Gasteiger partial charge in [0.05, 0.1) is 5.69 Å². The standard InChI is InChI=1S/C23H21FN6O2S2/c1-2-16-20(28-21-27-19(17(11-25)33-21)14-3-5-15(24)6-4-14)30-12-18(34-22(30)26-16)13-7-9-29(10-8-13)23(31)32/h3-6,12-13H,2,7-10H2,1H3,(H,27,28)(H,31,32). The molecule has 4 aromatic rings. The van der Waals surface area contributed by atoms with Crippen LogP contribution in [0.5, 0.6) is 0 Å². The van der Waals surface area contributed by atoms with E-state index in [4.69, 9.17) is 4.98 Å². The lowest BCUT2D eigenvalue weighted by Gasteiger charge is -2.29. The van der Waals surface area contributed by atoms with Crippen LogP contribution in [0.15, 0.2) is 30.5 Å². The number of carbonyl (C=O) groups is 1. The Kier molecular flexibility index (Phi) is 5.93. The van der Waals surface area contributed by atoms with Crippen molar-refractivity contribution in [1.82, 2.24) is 19.3 Å². The third-order valence-corrected chi connectivity index (χ3v) is 8.01. The number of hydrogen-bond donors (Lipinski definition) is 2. The molecule has 0 saturated carbocycles. The Hall–Kier alpha value is -3.49. The van der Waals surface area contributed by atoms with E-state index in [1.54, 1.807) is 23.5 Å². The van der Waals surface area contributed by atoms with Crippen molar-refractivity contribution in [1.29, 1.82) is 5.26 Å². The Morgan fingerprint density at radius 2 is 2.00 bits per heavy atom. The van der Waals surface area contributed by atoms with E-state index >= 15 is 0 Å². The van der Waals surface area contributed by atoms with Crippen LogP contribution in [-0.4, -0.2) is 43.6 Å². The molecule has 3 aromatic heterocycles. The molecule has 5 rings (SSSR count). The van der Waals surface area contributed by atoms with Gasteiger partial charge in [0.1, 0.15) is 28.3 Å². The van der Waals surface area contributed by atoms with Crippen LogP contribution in [0.3, 0.4) is 0 Å². The molecule has 0 spiro atoms. The summed E-state index contributed by atoms with van der Waals surface area (Å²) < 4.78 is 15.4. The van der Waals surface area contributed by atoms with Crippen LogP contribution < -0.4 is 5.32 Å². The molecule has 1 aliphatic heterocycles. The van der Waals surface area contributed by atoms with Crippen LogP contribution in [0.1, 0.15) is 41.1 Å². The lowest BCUT2D eigenvalue weighted by atomic mass is 9.96. The summed E-state index contributed by atoms with van der Waals surface area (Å²) in [6.45, 7) is 3.11. The van der Waals surface area contributed by atoms with Crippen LogP contribution in [0, 0.1) is 17.1 Å². The highest BCUT2D eigenvalue weighted by molar-refractivity contribution is 7.17. The number of thiazole rings is 2. The zero-order valence-corrected chi connectivity index (χ0v) is 19.9. The molecule has 0 radical (unpaired) electrons. The highest BCUT2D eigenvalue weighted by atomic mass is 32.1. The van der Waals surface area contributed by atoms with Gasteiger partial charge in [-0.3, -0.25) is 4.40 Å². The second-order valence-corrected chi connectivity index (χ2v) is 10.1. The number of nitrogens with one attached hydrogen (secondary N) is 1. The van der Waals surface area contributed by atoms with Crippen molar-refractivity contribution in [3.8, 4) is 17.3 Å². The molecule has 34 heavy (non-hydrogen) atoms. The maximum Gasteiger partial charge on any atom is 0.407 e. The van der Waals surface area contributed by atoms with Crippen molar-refractivity contribution in [2.45, 2.75) is 32.1 Å². The number of hydrogen-bond acceptors (Lipinski definition) is 7. The molecular weight excluding hydrogens is 475 g/mol. The van der Waals surface area contributed by atoms with Crippen molar-refractivity contribution in [3.05, 3.63) is 51.7 Å². The molecule has 1 saturated heterocycles. The summed E-state index contributed by atoms with van der Waals surface area (Å²) in [6.07, 6.45) is 3.52. The number of imidazole rings is 1. The minimum absolute atomic E-state index is 0.301. The van der Waals surface area contributed by atoms with Crippen molar-refractivity contribution in [2.24, 2.45) is 0 Å². The van der Waals surface area contributed by atoms with Gasteiger partial charge < -0.3 is 15.3 Å². The number of anilines is 2. The topological polar surface area (TPSA) is 107 Å². The van der Waals surface area contributed by atoms with Gasteiger partial charge in [0.15, 0.2) is 10.1 Å². The molecule has 1 aromatic carbocycles. The predicted molar refractivity (Wildman–Crippen MR) is 130 cm³/mol. The molecule has 0 unspecified atom stereocenters. The van der Waals surface area contributed by atoms with Crippen molar-refractivity contribution in [3.63, 3.8) is 0 Å². The van der Waals surface area contributed by atoms with Crippen LogP contribution in [0.4, 0.5) is 20.1 Å². The molecule has 8 nitrogen and oxygen atoms in total. The van der Waals surface area contributed by atoms with E-state index in [2.05, 4.69) is 22.6 Å². The SMILES string of the molecule is CCc1nc2sc(C3CCN(C(=O)O)CC3)cn2c1Nc1nc(-c2ccc(F)cc2)c(C#N)s1. The summed E-state index contributed by atoms with van der Waals surface area (Å²) in [5.41, 5.74) is 2.10. The summed E-state index contributed by atoms with van der Waals surface area (Å²) in [7, 11) is 0. The molecule has 11 heteroatoms. The Labute approximate surface area is 202 Å². The number of piperidine rings is 1. The molecule has 1 amide bonds. The number of aromatic nitrogens is 3. The third-order valence-electron chi connectivity index (χ3n) is 5.99. The summed E-state index contributed by atoms with van der Waals surface area (Å²) in [4.78, 5) is 24.6. The van der Waals surface area contributed by atoms with Gasteiger partial charge in [0.2, 0.25) is 0 Å². The molecule has 1 fully saturated rings. The molecule has 174 valence electrons. The fraction of sp³-hybridized carbons (Fsp3) is 0.304. The molecule has 0 bridgehead atoms. The second kappa shape index (κ2) is 9.04. The van der Waals surface area contributed by atoms with Gasteiger partial charge in [-0.1, -0.05) is 18.3 Å².